The second kappa shape index (κ2) is 6.32. The van der Waals surface area contributed by atoms with Crippen LogP contribution in [0.2, 0.25) is 0 Å². The molecule has 1 heterocycles. The zero-order valence-corrected chi connectivity index (χ0v) is 14.4. The van der Waals surface area contributed by atoms with Gasteiger partial charge < -0.3 is 0 Å². The fourth-order valence-corrected chi connectivity index (χ4v) is 2.58. The van der Waals surface area contributed by atoms with Gasteiger partial charge in [0.25, 0.3) is 5.56 Å². The summed E-state index contributed by atoms with van der Waals surface area (Å²) in [7, 11) is 0. The van der Waals surface area contributed by atoms with Gasteiger partial charge in [-0.1, -0.05) is 29.8 Å². The topological polar surface area (TPSA) is 50.1 Å². The zero-order valence-electron chi connectivity index (χ0n) is 14.4. The number of aromatic amines is 1. The Morgan fingerprint density at radius 3 is 2.33 bits per heavy atom. The lowest BCUT2D eigenvalue weighted by atomic mass is 10.1. The first-order chi connectivity index (χ1) is 11.5. The smallest absolute Gasteiger partial charge is 0.280 e. The van der Waals surface area contributed by atoms with Gasteiger partial charge in [0.05, 0.1) is 16.9 Å². The zero-order chi connectivity index (χ0) is 17.3. The number of aryl methyl sites for hydroxylation is 4. The first kappa shape index (κ1) is 16.0. The molecule has 1 aromatic heterocycles. The third-order valence-corrected chi connectivity index (χ3v) is 4.11. The molecule has 3 rings (SSSR count). The monoisotopic (exact) mass is 319 g/mol. The van der Waals surface area contributed by atoms with Crippen LogP contribution in [0.3, 0.4) is 0 Å². The third kappa shape index (κ3) is 3.08. The van der Waals surface area contributed by atoms with Gasteiger partial charge >= 0.3 is 0 Å². The molecule has 24 heavy (non-hydrogen) atoms. The average molecular weight is 319 g/mol. The first-order valence-electron chi connectivity index (χ1n) is 7.95. The minimum Gasteiger partial charge on any atom is -0.295 e. The maximum Gasteiger partial charge on any atom is 0.280 e. The highest BCUT2D eigenvalue weighted by Gasteiger charge is 2.10. The number of hydrogen-bond acceptors (Lipinski definition) is 2. The van der Waals surface area contributed by atoms with E-state index in [0.717, 1.165) is 33.8 Å². The first-order valence-corrected chi connectivity index (χ1v) is 7.95. The third-order valence-electron chi connectivity index (χ3n) is 4.11. The predicted octanol–water partition coefficient (Wildman–Crippen LogP) is 4.15. The van der Waals surface area contributed by atoms with Crippen LogP contribution in [0.15, 0.2) is 52.3 Å². The molecule has 0 bridgehead atoms. The Bertz CT molecular complexity index is 960. The lowest BCUT2D eigenvalue weighted by Crippen LogP contribution is -2.17. The van der Waals surface area contributed by atoms with Crippen LogP contribution < -0.4 is 5.56 Å². The molecule has 1 N–H and O–H groups in total. The molecule has 3 aromatic rings. The SMILES string of the molecule is Cc1ccc(-n2[nH]c(C)c(C=Nc3cc(C)ccc3C)c2=O)cc1. The average Bonchev–Trinajstić information content (AvgIpc) is 2.84. The van der Waals surface area contributed by atoms with E-state index in [0.29, 0.717) is 5.56 Å². The fourth-order valence-electron chi connectivity index (χ4n) is 2.58. The number of H-pyrrole nitrogens is 1. The molecule has 0 saturated carbocycles. The molecule has 4 heteroatoms. The molecule has 0 fully saturated rings. The van der Waals surface area contributed by atoms with E-state index in [-0.39, 0.29) is 5.56 Å². The van der Waals surface area contributed by atoms with Crippen LogP contribution in [0.4, 0.5) is 5.69 Å². The number of hydrogen-bond donors (Lipinski definition) is 1. The molecule has 0 saturated heterocycles. The van der Waals surface area contributed by atoms with E-state index >= 15 is 0 Å². The summed E-state index contributed by atoms with van der Waals surface area (Å²) >= 11 is 0. The summed E-state index contributed by atoms with van der Waals surface area (Å²) in [6, 6.07) is 13.9. The number of benzene rings is 2. The molecule has 122 valence electrons. The van der Waals surface area contributed by atoms with Crippen molar-refractivity contribution in [3.8, 4) is 5.69 Å². The van der Waals surface area contributed by atoms with Crippen molar-refractivity contribution in [2.75, 3.05) is 0 Å². The Kier molecular flexibility index (Phi) is 4.21. The van der Waals surface area contributed by atoms with E-state index in [9.17, 15) is 4.79 Å². The highest BCUT2D eigenvalue weighted by molar-refractivity contribution is 5.83. The maximum atomic E-state index is 12.7. The highest BCUT2D eigenvalue weighted by atomic mass is 16.1. The van der Waals surface area contributed by atoms with Crippen molar-refractivity contribution in [1.29, 1.82) is 0 Å². The van der Waals surface area contributed by atoms with Crippen LogP contribution in [0, 0.1) is 27.7 Å². The van der Waals surface area contributed by atoms with Gasteiger partial charge in [0.15, 0.2) is 0 Å². The molecule has 0 spiro atoms. The minimum atomic E-state index is -0.0922. The number of aromatic nitrogens is 2. The molecule has 4 nitrogen and oxygen atoms in total. The predicted molar refractivity (Wildman–Crippen MR) is 99.0 cm³/mol. The molecular formula is C20H21N3O. The Morgan fingerprint density at radius 1 is 0.958 bits per heavy atom. The summed E-state index contributed by atoms with van der Waals surface area (Å²) in [6.45, 7) is 7.95. The second-order valence-corrected chi connectivity index (χ2v) is 6.17. The maximum absolute atomic E-state index is 12.7. The molecule has 0 aliphatic heterocycles. The van der Waals surface area contributed by atoms with Crippen LogP contribution in [0.1, 0.15) is 27.9 Å². The largest absolute Gasteiger partial charge is 0.295 e. The van der Waals surface area contributed by atoms with Gasteiger partial charge in [-0.15, -0.1) is 0 Å². The summed E-state index contributed by atoms with van der Waals surface area (Å²) in [5.41, 5.74) is 6.39. The van der Waals surface area contributed by atoms with Gasteiger partial charge in [-0.3, -0.25) is 14.9 Å². The van der Waals surface area contributed by atoms with Gasteiger partial charge in [-0.05, 0) is 57.0 Å². The number of nitrogens with one attached hydrogen (secondary N) is 1. The van der Waals surface area contributed by atoms with Crippen molar-refractivity contribution in [3.63, 3.8) is 0 Å². The standard InChI is InChI=1S/C20H21N3O/c1-13-6-9-17(10-7-13)23-20(24)18(16(4)22-23)12-21-19-11-14(2)5-8-15(19)3/h5-12,22H,1-4H3. The van der Waals surface area contributed by atoms with Gasteiger partial charge in [0.1, 0.15) is 0 Å². The van der Waals surface area contributed by atoms with Crippen LogP contribution in [0.25, 0.3) is 5.69 Å². The van der Waals surface area contributed by atoms with Crippen LogP contribution in [-0.2, 0) is 0 Å². The van der Waals surface area contributed by atoms with Crippen molar-refractivity contribution in [2.45, 2.75) is 27.7 Å². The summed E-state index contributed by atoms with van der Waals surface area (Å²) in [5.74, 6) is 0. The van der Waals surface area contributed by atoms with E-state index < -0.39 is 0 Å². The molecule has 2 aromatic carbocycles. The molecular weight excluding hydrogens is 298 g/mol. The Labute approximate surface area is 141 Å². The number of rotatable bonds is 3. The van der Waals surface area contributed by atoms with E-state index in [2.05, 4.69) is 16.2 Å². The van der Waals surface area contributed by atoms with Gasteiger partial charge in [-0.2, -0.15) is 0 Å². The molecule has 0 atom stereocenters. The number of aliphatic imine (C=N–C) groups is 1. The van der Waals surface area contributed by atoms with Crippen molar-refractivity contribution < 1.29 is 0 Å². The van der Waals surface area contributed by atoms with E-state index in [1.807, 2.05) is 64.1 Å². The summed E-state index contributed by atoms with van der Waals surface area (Å²) in [5, 5.41) is 3.12. The van der Waals surface area contributed by atoms with Crippen LogP contribution in [0.5, 0.6) is 0 Å². The Morgan fingerprint density at radius 2 is 1.62 bits per heavy atom. The van der Waals surface area contributed by atoms with E-state index in [4.69, 9.17) is 0 Å². The highest BCUT2D eigenvalue weighted by Crippen LogP contribution is 2.19. The van der Waals surface area contributed by atoms with E-state index in [1.54, 1.807) is 10.9 Å². The van der Waals surface area contributed by atoms with Gasteiger partial charge in [0.2, 0.25) is 0 Å². The van der Waals surface area contributed by atoms with Crippen molar-refractivity contribution in [2.24, 2.45) is 4.99 Å². The minimum absolute atomic E-state index is 0.0922. The second-order valence-electron chi connectivity index (χ2n) is 6.17. The van der Waals surface area contributed by atoms with Crippen LogP contribution in [-0.4, -0.2) is 16.0 Å². The molecule has 0 aliphatic carbocycles. The molecule has 0 radical (unpaired) electrons. The van der Waals surface area contributed by atoms with E-state index in [1.165, 1.54) is 0 Å². The molecule has 0 aliphatic rings. The Balaban J connectivity index is 2.01. The van der Waals surface area contributed by atoms with Crippen molar-refractivity contribution in [3.05, 3.63) is 80.8 Å². The van der Waals surface area contributed by atoms with Crippen LogP contribution >= 0.6 is 0 Å². The number of nitrogens with zero attached hydrogens (tertiary/aromatic N) is 2. The van der Waals surface area contributed by atoms with Crippen molar-refractivity contribution >= 4 is 11.9 Å². The fraction of sp³-hybridized carbons (Fsp3) is 0.200. The summed E-state index contributed by atoms with van der Waals surface area (Å²) < 4.78 is 1.55. The summed E-state index contributed by atoms with van der Waals surface area (Å²) in [4.78, 5) is 17.2. The Hall–Kier alpha value is -2.88. The van der Waals surface area contributed by atoms with Gasteiger partial charge in [0, 0.05) is 11.9 Å². The summed E-state index contributed by atoms with van der Waals surface area (Å²) in [6.07, 6.45) is 1.65. The lowest BCUT2D eigenvalue weighted by Gasteiger charge is -2.01. The quantitative estimate of drug-likeness (QED) is 0.724. The molecule has 0 amide bonds. The normalized spacial score (nSPS) is 11.3. The van der Waals surface area contributed by atoms with Gasteiger partial charge in [-0.25, -0.2) is 4.68 Å². The molecule has 0 unspecified atom stereocenters. The van der Waals surface area contributed by atoms with Crippen molar-refractivity contribution in [1.82, 2.24) is 9.78 Å². The lowest BCUT2D eigenvalue weighted by molar-refractivity contribution is 0.835.